The van der Waals surface area contributed by atoms with Gasteiger partial charge in [0.15, 0.2) is 0 Å². The molecule has 90 valence electrons. The number of hydrogen-bond acceptors (Lipinski definition) is 4. The summed E-state index contributed by atoms with van der Waals surface area (Å²) < 4.78 is 5.45. The van der Waals surface area contributed by atoms with Gasteiger partial charge in [-0.25, -0.2) is 0 Å². The molecular formula is C13H15NO3. The average molecular weight is 233 g/mol. The molecule has 4 heteroatoms. The van der Waals surface area contributed by atoms with Crippen LogP contribution in [-0.4, -0.2) is 29.2 Å². The largest absolute Gasteiger partial charge is 0.490 e. The Bertz CT molecular complexity index is 493. The van der Waals surface area contributed by atoms with Gasteiger partial charge in [-0.3, -0.25) is 0 Å². The summed E-state index contributed by atoms with van der Waals surface area (Å²) in [6, 6.07) is 13.5. The van der Waals surface area contributed by atoms with Crippen LogP contribution in [0.2, 0.25) is 0 Å². The Labute approximate surface area is 99.2 Å². The molecule has 2 atom stereocenters. The fourth-order valence-corrected chi connectivity index (χ4v) is 1.60. The zero-order chi connectivity index (χ0) is 12.3. The summed E-state index contributed by atoms with van der Waals surface area (Å²) in [5, 5.41) is 20.3. The Hall–Kier alpha value is -1.62. The lowest BCUT2D eigenvalue weighted by atomic mass is 10.1. The number of fused-ring (bicyclic) bond motifs is 1. The predicted octanol–water partition coefficient (Wildman–Crippen LogP) is 0.857. The first kappa shape index (κ1) is 11.9. The topological polar surface area (TPSA) is 75.7 Å². The van der Waals surface area contributed by atoms with Crippen LogP contribution in [0.25, 0.3) is 10.8 Å². The first-order valence-corrected chi connectivity index (χ1v) is 5.41. The molecule has 17 heavy (non-hydrogen) atoms. The third-order valence-corrected chi connectivity index (χ3v) is 2.55. The monoisotopic (exact) mass is 233 g/mol. The highest BCUT2D eigenvalue weighted by Gasteiger charge is 2.12. The number of aliphatic hydroxyl groups is 2. The van der Waals surface area contributed by atoms with E-state index in [0.717, 1.165) is 10.8 Å². The van der Waals surface area contributed by atoms with Gasteiger partial charge in [-0.1, -0.05) is 36.4 Å². The lowest BCUT2D eigenvalue weighted by molar-refractivity contribution is -0.00374. The number of benzene rings is 2. The summed E-state index contributed by atoms with van der Waals surface area (Å²) in [7, 11) is 0. The Morgan fingerprint density at radius 3 is 2.53 bits per heavy atom. The van der Waals surface area contributed by atoms with Gasteiger partial charge < -0.3 is 20.7 Å². The first-order chi connectivity index (χ1) is 8.18. The van der Waals surface area contributed by atoms with Crippen LogP contribution in [0.5, 0.6) is 5.75 Å². The molecule has 0 heterocycles. The van der Waals surface area contributed by atoms with Crippen molar-refractivity contribution < 1.29 is 14.9 Å². The Morgan fingerprint density at radius 1 is 1.06 bits per heavy atom. The minimum Gasteiger partial charge on any atom is -0.490 e. The molecule has 4 nitrogen and oxygen atoms in total. The van der Waals surface area contributed by atoms with Crippen LogP contribution in [0.4, 0.5) is 0 Å². The van der Waals surface area contributed by atoms with Gasteiger partial charge in [0.2, 0.25) is 0 Å². The van der Waals surface area contributed by atoms with E-state index in [2.05, 4.69) is 0 Å². The van der Waals surface area contributed by atoms with Crippen molar-refractivity contribution in [3.63, 3.8) is 0 Å². The molecule has 2 aromatic carbocycles. The van der Waals surface area contributed by atoms with Crippen molar-refractivity contribution in [2.75, 3.05) is 6.61 Å². The fraction of sp³-hybridized carbons (Fsp3) is 0.231. The van der Waals surface area contributed by atoms with E-state index in [1.54, 1.807) is 0 Å². The van der Waals surface area contributed by atoms with Gasteiger partial charge in [-0.15, -0.1) is 0 Å². The molecule has 0 aliphatic heterocycles. The van der Waals surface area contributed by atoms with Gasteiger partial charge in [0.1, 0.15) is 24.7 Å². The first-order valence-electron chi connectivity index (χ1n) is 5.41. The maximum Gasteiger partial charge on any atom is 0.132 e. The van der Waals surface area contributed by atoms with E-state index in [1.165, 1.54) is 0 Å². The quantitative estimate of drug-likeness (QED) is 0.684. The van der Waals surface area contributed by atoms with Crippen molar-refractivity contribution in [3.05, 3.63) is 42.5 Å². The summed E-state index contributed by atoms with van der Waals surface area (Å²) in [5.41, 5.74) is 5.14. The molecule has 0 fully saturated rings. The minimum absolute atomic E-state index is 0.0360. The standard InChI is InChI=1S/C13H15NO3/c14-13(16)11(15)8-17-12-7-3-5-9-4-1-2-6-10(9)12/h1-7,11,13,15-16H,8,14H2. The van der Waals surface area contributed by atoms with E-state index in [0.29, 0.717) is 5.75 Å². The molecule has 0 saturated carbocycles. The Morgan fingerprint density at radius 2 is 1.76 bits per heavy atom. The van der Waals surface area contributed by atoms with E-state index in [-0.39, 0.29) is 6.61 Å². The smallest absolute Gasteiger partial charge is 0.132 e. The van der Waals surface area contributed by atoms with Crippen LogP contribution in [-0.2, 0) is 0 Å². The van der Waals surface area contributed by atoms with E-state index >= 15 is 0 Å². The van der Waals surface area contributed by atoms with Crippen LogP contribution >= 0.6 is 0 Å². The van der Waals surface area contributed by atoms with Gasteiger partial charge in [-0.2, -0.15) is 0 Å². The van der Waals surface area contributed by atoms with E-state index < -0.39 is 12.3 Å². The third kappa shape index (κ3) is 2.74. The number of hydrogen-bond donors (Lipinski definition) is 3. The van der Waals surface area contributed by atoms with Crippen molar-refractivity contribution in [2.45, 2.75) is 12.3 Å². The van der Waals surface area contributed by atoms with Crippen molar-refractivity contribution in [3.8, 4) is 5.75 Å². The van der Waals surface area contributed by atoms with Crippen LogP contribution in [0, 0.1) is 0 Å². The zero-order valence-corrected chi connectivity index (χ0v) is 9.28. The summed E-state index contributed by atoms with van der Waals surface area (Å²) >= 11 is 0. The highest BCUT2D eigenvalue weighted by Crippen LogP contribution is 2.25. The van der Waals surface area contributed by atoms with E-state index in [1.807, 2.05) is 42.5 Å². The number of ether oxygens (including phenoxy) is 1. The molecule has 0 radical (unpaired) electrons. The maximum absolute atomic E-state index is 9.36. The zero-order valence-electron chi connectivity index (χ0n) is 9.28. The SMILES string of the molecule is NC(O)C(O)COc1cccc2ccccc12. The fourth-order valence-electron chi connectivity index (χ4n) is 1.60. The molecule has 0 amide bonds. The predicted molar refractivity (Wildman–Crippen MR) is 65.6 cm³/mol. The van der Waals surface area contributed by atoms with Gasteiger partial charge in [0, 0.05) is 5.39 Å². The van der Waals surface area contributed by atoms with Crippen molar-refractivity contribution in [1.29, 1.82) is 0 Å². The van der Waals surface area contributed by atoms with Crippen LogP contribution in [0.15, 0.2) is 42.5 Å². The number of nitrogens with two attached hydrogens (primary N) is 1. The summed E-state index contributed by atoms with van der Waals surface area (Å²) in [4.78, 5) is 0. The molecule has 0 aromatic heterocycles. The highest BCUT2D eigenvalue weighted by molar-refractivity contribution is 5.88. The van der Waals surface area contributed by atoms with Crippen molar-refractivity contribution >= 4 is 10.8 Å². The van der Waals surface area contributed by atoms with Gasteiger partial charge >= 0.3 is 0 Å². The summed E-state index contributed by atoms with van der Waals surface area (Å²) in [6.45, 7) is -0.0360. The molecule has 0 saturated heterocycles. The van der Waals surface area contributed by atoms with Gasteiger partial charge in [0.05, 0.1) is 0 Å². The second-order valence-corrected chi connectivity index (χ2v) is 3.85. The Balaban J connectivity index is 2.19. The van der Waals surface area contributed by atoms with E-state index in [9.17, 15) is 5.11 Å². The molecule has 2 rings (SSSR count). The van der Waals surface area contributed by atoms with E-state index in [4.69, 9.17) is 15.6 Å². The van der Waals surface area contributed by atoms with Crippen LogP contribution in [0.3, 0.4) is 0 Å². The molecule has 0 aliphatic rings. The lowest BCUT2D eigenvalue weighted by Gasteiger charge is -2.15. The van der Waals surface area contributed by atoms with Gasteiger partial charge in [0.25, 0.3) is 0 Å². The normalized spacial score (nSPS) is 14.5. The molecule has 0 aliphatic carbocycles. The number of aliphatic hydroxyl groups excluding tert-OH is 2. The molecule has 2 aromatic rings. The lowest BCUT2D eigenvalue weighted by Crippen LogP contribution is -2.38. The molecule has 2 unspecified atom stereocenters. The van der Waals surface area contributed by atoms with Crippen molar-refractivity contribution in [2.24, 2.45) is 5.73 Å². The highest BCUT2D eigenvalue weighted by atomic mass is 16.5. The molecule has 0 spiro atoms. The molecular weight excluding hydrogens is 218 g/mol. The molecule has 0 bridgehead atoms. The summed E-state index contributed by atoms with van der Waals surface area (Å²) in [5.74, 6) is 0.669. The third-order valence-electron chi connectivity index (χ3n) is 2.55. The summed E-state index contributed by atoms with van der Waals surface area (Å²) in [6.07, 6.45) is -2.38. The maximum atomic E-state index is 9.36. The van der Waals surface area contributed by atoms with Crippen LogP contribution < -0.4 is 10.5 Å². The number of rotatable bonds is 4. The average Bonchev–Trinajstić information content (AvgIpc) is 2.35. The van der Waals surface area contributed by atoms with Crippen LogP contribution in [0.1, 0.15) is 0 Å². The molecule has 4 N–H and O–H groups in total. The second-order valence-electron chi connectivity index (χ2n) is 3.85. The second kappa shape index (κ2) is 5.14. The van der Waals surface area contributed by atoms with Gasteiger partial charge in [-0.05, 0) is 11.5 Å². The Kier molecular flexibility index (Phi) is 3.58. The minimum atomic E-state index is -1.29. The van der Waals surface area contributed by atoms with Crippen molar-refractivity contribution in [1.82, 2.24) is 0 Å².